The smallest absolute Gasteiger partial charge is 0.137 e. The molecule has 1 nitrogen and oxygen atoms in total. The van der Waals surface area contributed by atoms with Gasteiger partial charge in [0, 0.05) is 10.9 Å². The van der Waals surface area contributed by atoms with Crippen LogP contribution in [0.15, 0.2) is 48.5 Å². The molecule has 2 aromatic rings. The summed E-state index contributed by atoms with van der Waals surface area (Å²) in [6, 6.07) is 13.6. The van der Waals surface area contributed by atoms with Gasteiger partial charge in [-0.05, 0) is 48.7 Å². The van der Waals surface area contributed by atoms with Crippen molar-refractivity contribution in [1.29, 1.82) is 0 Å². The molecule has 0 radical (unpaired) electrons. The molecule has 0 N–H and O–H groups in total. The summed E-state index contributed by atoms with van der Waals surface area (Å²) in [7, 11) is 0. The molecule has 0 heterocycles. The molecule has 0 aliphatic rings. The van der Waals surface area contributed by atoms with Gasteiger partial charge in [-0.2, -0.15) is 0 Å². The Hall–Kier alpha value is -1.67. The molecule has 0 aliphatic carbocycles. The molecule has 0 fully saturated rings. The molecule has 0 amide bonds. The maximum atomic E-state index is 13.3. The first kappa shape index (κ1) is 13.8. The van der Waals surface area contributed by atoms with Crippen molar-refractivity contribution >= 4 is 17.4 Å². The molecule has 19 heavy (non-hydrogen) atoms. The van der Waals surface area contributed by atoms with Crippen LogP contribution in [0.4, 0.5) is 4.39 Å². The Labute approximate surface area is 117 Å². The first-order valence-electron chi connectivity index (χ1n) is 6.06. The molecular formula is C16H14ClFO. The summed E-state index contributed by atoms with van der Waals surface area (Å²) in [6.45, 7) is 1.53. The minimum absolute atomic E-state index is 0.0283. The normalized spacial score (nSPS) is 12.2. The fraction of sp³-hybridized carbons (Fsp3) is 0.188. The Morgan fingerprint density at radius 1 is 1.21 bits per heavy atom. The van der Waals surface area contributed by atoms with Crippen LogP contribution in [0, 0.1) is 5.82 Å². The van der Waals surface area contributed by atoms with Crippen LogP contribution < -0.4 is 0 Å². The number of carbonyl (C=O) groups is 1. The van der Waals surface area contributed by atoms with Crippen molar-refractivity contribution in [3.63, 3.8) is 0 Å². The number of Topliss-reactive ketones (excluding diaryl/α,β-unsaturated/α-hetero) is 1. The van der Waals surface area contributed by atoms with E-state index in [9.17, 15) is 9.18 Å². The van der Waals surface area contributed by atoms with Crippen LogP contribution in [-0.2, 0) is 11.2 Å². The van der Waals surface area contributed by atoms with E-state index < -0.39 is 0 Å². The van der Waals surface area contributed by atoms with Crippen molar-refractivity contribution in [2.75, 3.05) is 0 Å². The highest BCUT2D eigenvalue weighted by molar-refractivity contribution is 6.30. The summed E-state index contributed by atoms with van der Waals surface area (Å²) in [5, 5.41) is 0.661. The minimum Gasteiger partial charge on any atom is -0.299 e. The quantitative estimate of drug-likeness (QED) is 0.809. The first-order valence-corrected chi connectivity index (χ1v) is 6.44. The third-order valence-corrected chi connectivity index (χ3v) is 3.35. The Morgan fingerprint density at radius 3 is 2.47 bits per heavy atom. The van der Waals surface area contributed by atoms with Crippen LogP contribution in [0.5, 0.6) is 0 Å². The van der Waals surface area contributed by atoms with Gasteiger partial charge in [0.05, 0.1) is 0 Å². The van der Waals surface area contributed by atoms with Crippen LogP contribution in [0.1, 0.15) is 24.0 Å². The topological polar surface area (TPSA) is 17.1 Å². The highest BCUT2D eigenvalue weighted by Crippen LogP contribution is 2.23. The van der Waals surface area contributed by atoms with Gasteiger partial charge in [0.2, 0.25) is 0 Å². The number of ketones is 1. The van der Waals surface area contributed by atoms with E-state index >= 15 is 0 Å². The average molecular weight is 277 g/mol. The number of benzene rings is 2. The number of rotatable bonds is 4. The fourth-order valence-corrected chi connectivity index (χ4v) is 2.20. The van der Waals surface area contributed by atoms with Gasteiger partial charge >= 0.3 is 0 Å². The molecule has 0 unspecified atom stereocenters. The second kappa shape index (κ2) is 5.98. The maximum absolute atomic E-state index is 13.3. The minimum atomic E-state index is -0.322. The van der Waals surface area contributed by atoms with Gasteiger partial charge in [-0.3, -0.25) is 4.79 Å². The first-order chi connectivity index (χ1) is 9.06. The number of hydrogen-bond acceptors (Lipinski definition) is 1. The van der Waals surface area contributed by atoms with Gasteiger partial charge in [-0.15, -0.1) is 0 Å². The lowest BCUT2D eigenvalue weighted by atomic mass is 9.89. The van der Waals surface area contributed by atoms with E-state index in [4.69, 9.17) is 11.6 Å². The summed E-state index contributed by atoms with van der Waals surface area (Å²) in [6.07, 6.45) is 0.552. The van der Waals surface area contributed by atoms with Crippen molar-refractivity contribution in [2.45, 2.75) is 19.3 Å². The van der Waals surface area contributed by atoms with E-state index in [1.807, 2.05) is 12.1 Å². The lowest BCUT2D eigenvalue weighted by Crippen LogP contribution is -2.12. The molecule has 0 saturated carbocycles. The largest absolute Gasteiger partial charge is 0.299 e. The molecule has 0 aliphatic heterocycles. The molecular weight excluding hydrogens is 263 g/mol. The van der Waals surface area contributed by atoms with E-state index in [1.165, 1.54) is 19.1 Å². The van der Waals surface area contributed by atoms with Gasteiger partial charge in [0.1, 0.15) is 11.6 Å². The predicted octanol–water partition coefficient (Wildman–Crippen LogP) is 4.39. The molecule has 0 aromatic heterocycles. The fourth-order valence-electron chi connectivity index (χ4n) is 2.08. The lowest BCUT2D eigenvalue weighted by Gasteiger charge is -2.14. The highest BCUT2D eigenvalue weighted by Gasteiger charge is 2.17. The third kappa shape index (κ3) is 3.65. The van der Waals surface area contributed by atoms with E-state index in [0.717, 1.165) is 5.56 Å². The maximum Gasteiger partial charge on any atom is 0.137 e. The van der Waals surface area contributed by atoms with E-state index in [2.05, 4.69) is 0 Å². The van der Waals surface area contributed by atoms with E-state index in [0.29, 0.717) is 17.0 Å². The summed E-state index contributed by atoms with van der Waals surface area (Å²) in [5.74, 6) is -0.614. The van der Waals surface area contributed by atoms with Crippen molar-refractivity contribution in [1.82, 2.24) is 0 Å². The van der Waals surface area contributed by atoms with Gasteiger partial charge < -0.3 is 0 Å². The second-order valence-electron chi connectivity index (χ2n) is 4.55. The zero-order valence-corrected chi connectivity index (χ0v) is 11.3. The van der Waals surface area contributed by atoms with Crippen LogP contribution >= 0.6 is 11.6 Å². The summed E-state index contributed by atoms with van der Waals surface area (Å²) >= 11 is 5.83. The van der Waals surface area contributed by atoms with Gasteiger partial charge in [0.15, 0.2) is 0 Å². The molecule has 1 atom stereocenters. The number of hydrogen-bond donors (Lipinski definition) is 0. The van der Waals surface area contributed by atoms with Crippen molar-refractivity contribution in [2.24, 2.45) is 0 Å². The average Bonchev–Trinajstić information content (AvgIpc) is 2.37. The summed E-state index contributed by atoms with van der Waals surface area (Å²) in [5.41, 5.74) is 1.72. The summed E-state index contributed by atoms with van der Waals surface area (Å²) < 4.78 is 13.3. The standard InChI is InChI=1S/C16H14ClFO/c1-11(19)16(13-3-2-4-15(18)10-13)9-12-5-7-14(17)8-6-12/h2-8,10,16H,9H2,1H3/t16-/m0/s1. The van der Waals surface area contributed by atoms with Gasteiger partial charge in [-0.25, -0.2) is 4.39 Å². The van der Waals surface area contributed by atoms with Crippen LogP contribution in [-0.4, -0.2) is 5.78 Å². The predicted molar refractivity (Wildman–Crippen MR) is 75.0 cm³/mol. The zero-order valence-electron chi connectivity index (χ0n) is 10.6. The van der Waals surface area contributed by atoms with Crippen LogP contribution in [0.25, 0.3) is 0 Å². The van der Waals surface area contributed by atoms with Gasteiger partial charge in [-0.1, -0.05) is 35.9 Å². The van der Waals surface area contributed by atoms with E-state index in [-0.39, 0.29) is 17.5 Å². The molecule has 2 aromatic carbocycles. The van der Waals surface area contributed by atoms with Gasteiger partial charge in [0.25, 0.3) is 0 Å². The highest BCUT2D eigenvalue weighted by atomic mass is 35.5. The lowest BCUT2D eigenvalue weighted by molar-refractivity contribution is -0.118. The van der Waals surface area contributed by atoms with Crippen LogP contribution in [0.2, 0.25) is 5.02 Å². The molecule has 0 bridgehead atoms. The Kier molecular flexibility index (Phi) is 4.33. The number of carbonyl (C=O) groups excluding carboxylic acids is 1. The molecule has 2 rings (SSSR count). The van der Waals surface area contributed by atoms with Crippen molar-refractivity contribution in [3.05, 3.63) is 70.5 Å². The Morgan fingerprint density at radius 2 is 1.89 bits per heavy atom. The third-order valence-electron chi connectivity index (χ3n) is 3.09. The SMILES string of the molecule is CC(=O)[C@H](Cc1ccc(Cl)cc1)c1cccc(F)c1. The molecule has 0 spiro atoms. The zero-order chi connectivity index (χ0) is 13.8. The molecule has 0 saturated heterocycles. The monoisotopic (exact) mass is 276 g/mol. The molecule has 3 heteroatoms. The summed E-state index contributed by atoms with van der Waals surface area (Å²) in [4.78, 5) is 11.8. The van der Waals surface area contributed by atoms with Crippen molar-refractivity contribution in [3.8, 4) is 0 Å². The Bertz CT molecular complexity index is 578. The van der Waals surface area contributed by atoms with Crippen LogP contribution in [0.3, 0.4) is 0 Å². The molecule has 98 valence electrons. The van der Waals surface area contributed by atoms with Crippen molar-refractivity contribution < 1.29 is 9.18 Å². The number of halogens is 2. The second-order valence-corrected chi connectivity index (χ2v) is 4.99. The Balaban J connectivity index is 2.26. The van der Waals surface area contributed by atoms with E-state index in [1.54, 1.807) is 24.3 Å².